The molecule has 1 atom stereocenters. The summed E-state index contributed by atoms with van der Waals surface area (Å²) < 4.78 is 0. The van der Waals surface area contributed by atoms with E-state index >= 15 is 0 Å². The van der Waals surface area contributed by atoms with Gasteiger partial charge in [-0.1, -0.05) is 26.7 Å². The third kappa shape index (κ3) is 4.12. The topological polar surface area (TPSA) is 46.3 Å². The minimum absolute atomic E-state index is 0.327. The molecule has 0 aromatic carbocycles. The van der Waals surface area contributed by atoms with Gasteiger partial charge in [0.05, 0.1) is 0 Å². The average molecular weight is 226 g/mol. The summed E-state index contributed by atoms with van der Waals surface area (Å²) in [7, 11) is 0. The van der Waals surface area contributed by atoms with Crippen molar-refractivity contribution >= 4 is 5.91 Å². The Morgan fingerprint density at radius 1 is 1.44 bits per heavy atom. The SMILES string of the molecule is CCCCN(C(=O)CC(CC)CN)C1CC1. The Labute approximate surface area is 99.4 Å². The van der Waals surface area contributed by atoms with E-state index in [2.05, 4.69) is 18.7 Å². The first-order valence-electron chi connectivity index (χ1n) is 6.72. The molecule has 1 unspecified atom stereocenters. The van der Waals surface area contributed by atoms with Gasteiger partial charge >= 0.3 is 0 Å². The van der Waals surface area contributed by atoms with Crippen molar-refractivity contribution in [3.05, 3.63) is 0 Å². The summed E-state index contributed by atoms with van der Waals surface area (Å²) in [6.45, 7) is 5.86. The van der Waals surface area contributed by atoms with Crippen molar-refractivity contribution in [2.24, 2.45) is 11.7 Å². The first-order chi connectivity index (χ1) is 7.72. The summed E-state index contributed by atoms with van der Waals surface area (Å²) in [5.74, 6) is 0.698. The average Bonchev–Trinajstić information content (AvgIpc) is 3.10. The van der Waals surface area contributed by atoms with Crippen LogP contribution in [0.2, 0.25) is 0 Å². The summed E-state index contributed by atoms with van der Waals surface area (Å²) in [5.41, 5.74) is 5.65. The Morgan fingerprint density at radius 2 is 2.12 bits per heavy atom. The molecule has 1 aliphatic rings. The number of hydrogen-bond acceptors (Lipinski definition) is 2. The quantitative estimate of drug-likeness (QED) is 0.689. The number of nitrogens with zero attached hydrogens (tertiary/aromatic N) is 1. The van der Waals surface area contributed by atoms with E-state index in [1.165, 1.54) is 12.8 Å². The molecular formula is C13H26N2O. The van der Waals surface area contributed by atoms with Crippen LogP contribution in [0.5, 0.6) is 0 Å². The van der Waals surface area contributed by atoms with Gasteiger partial charge in [0.1, 0.15) is 0 Å². The van der Waals surface area contributed by atoms with Gasteiger partial charge in [-0.05, 0) is 31.7 Å². The smallest absolute Gasteiger partial charge is 0.223 e. The van der Waals surface area contributed by atoms with E-state index in [4.69, 9.17) is 5.73 Å². The fourth-order valence-electron chi connectivity index (χ4n) is 1.98. The molecule has 16 heavy (non-hydrogen) atoms. The van der Waals surface area contributed by atoms with Gasteiger partial charge in [-0.2, -0.15) is 0 Å². The van der Waals surface area contributed by atoms with Crippen LogP contribution in [0.1, 0.15) is 52.4 Å². The Bertz CT molecular complexity index is 210. The van der Waals surface area contributed by atoms with Gasteiger partial charge in [0.15, 0.2) is 0 Å². The lowest BCUT2D eigenvalue weighted by Crippen LogP contribution is -2.36. The number of rotatable bonds is 8. The summed E-state index contributed by atoms with van der Waals surface area (Å²) in [6.07, 6.45) is 6.34. The molecule has 1 rings (SSSR count). The zero-order valence-electron chi connectivity index (χ0n) is 10.7. The first-order valence-corrected chi connectivity index (χ1v) is 6.72. The number of hydrogen-bond donors (Lipinski definition) is 1. The summed E-state index contributed by atoms with van der Waals surface area (Å²) in [4.78, 5) is 14.2. The lowest BCUT2D eigenvalue weighted by atomic mass is 10.0. The second-order valence-corrected chi connectivity index (χ2v) is 4.89. The maximum Gasteiger partial charge on any atom is 0.223 e. The van der Waals surface area contributed by atoms with Crippen LogP contribution in [0.4, 0.5) is 0 Å². The van der Waals surface area contributed by atoms with Crippen molar-refractivity contribution < 1.29 is 4.79 Å². The molecular weight excluding hydrogens is 200 g/mol. The fraction of sp³-hybridized carbons (Fsp3) is 0.923. The minimum atomic E-state index is 0.327. The van der Waals surface area contributed by atoms with Crippen molar-refractivity contribution in [1.82, 2.24) is 4.90 Å². The number of amides is 1. The third-order valence-corrected chi connectivity index (χ3v) is 3.43. The highest BCUT2D eigenvalue weighted by atomic mass is 16.2. The molecule has 3 heteroatoms. The van der Waals surface area contributed by atoms with Crippen LogP contribution in [-0.2, 0) is 4.79 Å². The number of carbonyl (C=O) groups excluding carboxylic acids is 1. The fourth-order valence-corrected chi connectivity index (χ4v) is 1.98. The number of carbonyl (C=O) groups is 1. The van der Waals surface area contributed by atoms with E-state index in [0.29, 0.717) is 30.8 Å². The normalized spacial score (nSPS) is 17.2. The van der Waals surface area contributed by atoms with Crippen LogP contribution in [0.15, 0.2) is 0 Å². The van der Waals surface area contributed by atoms with E-state index in [0.717, 1.165) is 25.8 Å². The lowest BCUT2D eigenvalue weighted by Gasteiger charge is -2.24. The molecule has 0 radical (unpaired) electrons. The Balaban J connectivity index is 2.40. The van der Waals surface area contributed by atoms with Gasteiger partial charge in [0.2, 0.25) is 5.91 Å². The van der Waals surface area contributed by atoms with E-state index in [1.54, 1.807) is 0 Å². The first kappa shape index (κ1) is 13.5. The van der Waals surface area contributed by atoms with Crippen LogP contribution in [0.3, 0.4) is 0 Å². The highest BCUT2D eigenvalue weighted by Crippen LogP contribution is 2.28. The number of nitrogens with two attached hydrogens (primary N) is 1. The summed E-state index contributed by atoms with van der Waals surface area (Å²) in [5, 5.41) is 0. The molecule has 1 aliphatic carbocycles. The second kappa shape index (κ2) is 6.89. The van der Waals surface area contributed by atoms with Crippen LogP contribution in [0, 0.1) is 5.92 Å². The Morgan fingerprint density at radius 3 is 2.56 bits per heavy atom. The Kier molecular flexibility index (Phi) is 5.81. The second-order valence-electron chi connectivity index (χ2n) is 4.89. The molecule has 2 N–H and O–H groups in total. The lowest BCUT2D eigenvalue weighted by molar-refractivity contribution is -0.132. The van der Waals surface area contributed by atoms with Gasteiger partial charge < -0.3 is 10.6 Å². The monoisotopic (exact) mass is 226 g/mol. The summed E-state index contributed by atoms with van der Waals surface area (Å²) in [6, 6.07) is 0.550. The van der Waals surface area contributed by atoms with Gasteiger partial charge in [-0.25, -0.2) is 0 Å². The molecule has 1 saturated carbocycles. The molecule has 0 aromatic heterocycles. The van der Waals surface area contributed by atoms with Gasteiger partial charge in [0.25, 0.3) is 0 Å². The zero-order chi connectivity index (χ0) is 12.0. The molecule has 0 aliphatic heterocycles. The Hall–Kier alpha value is -0.570. The highest BCUT2D eigenvalue weighted by molar-refractivity contribution is 5.77. The largest absolute Gasteiger partial charge is 0.340 e. The molecule has 94 valence electrons. The number of unbranched alkanes of at least 4 members (excludes halogenated alkanes) is 1. The van der Waals surface area contributed by atoms with Crippen molar-refractivity contribution in [3.8, 4) is 0 Å². The van der Waals surface area contributed by atoms with E-state index in [9.17, 15) is 4.79 Å². The molecule has 0 spiro atoms. The maximum absolute atomic E-state index is 12.1. The molecule has 0 heterocycles. The van der Waals surface area contributed by atoms with Crippen molar-refractivity contribution in [1.29, 1.82) is 0 Å². The predicted octanol–water partition coefficient (Wildman–Crippen LogP) is 2.15. The van der Waals surface area contributed by atoms with E-state index in [-0.39, 0.29) is 0 Å². The van der Waals surface area contributed by atoms with Crippen LogP contribution in [0.25, 0.3) is 0 Å². The standard InChI is InChI=1S/C13H26N2O/c1-3-5-8-15(12-6-7-12)13(16)9-11(4-2)10-14/h11-12H,3-10,14H2,1-2H3. The molecule has 3 nitrogen and oxygen atoms in total. The molecule has 1 amide bonds. The van der Waals surface area contributed by atoms with E-state index in [1.807, 2.05) is 0 Å². The van der Waals surface area contributed by atoms with Crippen LogP contribution >= 0.6 is 0 Å². The van der Waals surface area contributed by atoms with Crippen molar-refractivity contribution in [3.63, 3.8) is 0 Å². The van der Waals surface area contributed by atoms with Gasteiger partial charge in [-0.15, -0.1) is 0 Å². The van der Waals surface area contributed by atoms with Crippen LogP contribution < -0.4 is 5.73 Å². The maximum atomic E-state index is 12.1. The van der Waals surface area contributed by atoms with E-state index < -0.39 is 0 Å². The van der Waals surface area contributed by atoms with Crippen molar-refractivity contribution in [2.45, 2.75) is 58.4 Å². The molecule has 0 saturated heterocycles. The van der Waals surface area contributed by atoms with Crippen molar-refractivity contribution in [2.75, 3.05) is 13.1 Å². The van der Waals surface area contributed by atoms with Gasteiger partial charge in [0, 0.05) is 19.0 Å². The molecule has 1 fully saturated rings. The minimum Gasteiger partial charge on any atom is -0.340 e. The zero-order valence-corrected chi connectivity index (χ0v) is 10.7. The summed E-state index contributed by atoms with van der Waals surface area (Å²) >= 11 is 0. The highest BCUT2D eigenvalue weighted by Gasteiger charge is 2.32. The third-order valence-electron chi connectivity index (χ3n) is 3.43. The molecule has 0 bridgehead atoms. The predicted molar refractivity (Wildman–Crippen MR) is 67.1 cm³/mol. The van der Waals surface area contributed by atoms with Gasteiger partial charge in [-0.3, -0.25) is 4.79 Å². The molecule has 0 aromatic rings. The van der Waals surface area contributed by atoms with Crippen LogP contribution in [-0.4, -0.2) is 29.9 Å².